The van der Waals surface area contributed by atoms with Crippen LogP contribution in [0.15, 0.2) is 60.7 Å². The SMILES string of the molecule is O=C(CCCN1C(=O)c2cccc3cccc(c23)C1=O)NCc1ccc(Cl)cc1. The fourth-order valence-electron chi connectivity index (χ4n) is 3.57. The maximum atomic E-state index is 12.8. The number of rotatable bonds is 6. The zero-order valence-corrected chi connectivity index (χ0v) is 16.4. The van der Waals surface area contributed by atoms with Crippen molar-refractivity contribution in [3.05, 3.63) is 82.4 Å². The molecule has 4 rings (SSSR count). The van der Waals surface area contributed by atoms with E-state index in [0.29, 0.717) is 34.5 Å². The Morgan fingerprint density at radius 3 is 2.14 bits per heavy atom. The summed E-state index contributed by atoms with van der Waals surface area (Å²) in [6.07, 6.45) is 0.637. The molecule has 29 heavy (non-hydrogen) atoms. The van der Waals surface area contributed by atoms with Crippen molar-refractivity contribution in [1.82, 2.24) is 10.2 Å². The Hall–Kier alpha value is -3.18. The zero-order valence-electron chi connectivity index (χ0n) is 15.7. The first-order valence-corrected chi connectivity index (χ1v) is 9.81. The Balaban J connectivity index is 1.36. The molecule has 0 atom stereocenters. The predicted molar refractivity (Wildman–Crippen MR) is 112 cm³/mol. The quantitative estimate of drug-likeness (QED) is 0.624. The highest BCUT2D eigenvalue weighted by molar-refractivity contribution is 6.30. The molecule has 1 aliphatic rings. The molecule has 1 N–H and O–H groups in total. The number of nitrogens with one attached hydrogen (secondary N) is 1. The smallest absolute Gasteiger partial charge is 0.261 e. The highest BCUT2D eigenvalue weighted by Gasteiger charge is 2.32. The molecular weight excluding hydrogens is 388 g/mol. The fraction of sp³-hybridized carbons (Fsp3) is 0.174. The number of carbonyl (C=O) groups is 3. The molecule has 0 fully saturated rings. The van der Waals surface area contributed by atoms with E-state index in [9.17, 15) is 14.4 Å². The van der Waals surface area contributed by atoms with Gasteiger partial charge in [0.05, 0.1) is 0 Å². The first kappa shape index (κ1) is 19.2. The minimum atomic E-state index is -0.305. The standard InChI is InChI=1S/C23H19ClN2O3/c24-17-11-9-15(10-12-17)14-25-20(27)8-3-13-26-22(28)18-6-1-4-16-5-2-7-19(21(16)18)23(26)29/h1-2,4-7,9-12H,3,8,13-14H2,(H,25,27). The van der Waals surface area contributed by atoms with E-state index >= 15 is 0 Å². The van der Waals surface area contributed by atoms with Crippen molar-refractivity contribution in [2.45, 2.75) is 19.4 Å². The summed E-state index contributed by atoms with van der Waals surface area (Å²) in [5, 5.41) is 5.07. The van der Waals surface area contributed by atoms with Gasteiger partial charge in [-0.3, -0.25) is 19.3 Å². The average Bonchev–Trinajstić information content (AvgIpc) is 2.74. The monoisotopic (exact) mass is 406 g/mol. The van der Waals surface area contributed by atoms with Gasteiger partial charge in [0.2, 0.25) is 5.91 Å². The van der Waals surface area contributed by atoms with Gasteiger partial charge in [-0.05, 0) is 41.6 Å². The van der Waals surface area contributed by atoms with E-state index < -0.39 is 0 Å². The first-order valence-electron chi connectivity index (χ1n) is 9.43. The van der Waals surface area contributed by atoms with Gasteiger partial charge in [0.25, 0.3) is 11.8 Å². The van der Waals surface area contributed by atoms with E-state index in [1.165, 1.54) is 4.90 Å². The van der Waals surface area contributed by atoms with Crippen LogP contribution in [0.2, 0.25) is 5.02 Å². The molecule has 6 heteroatoms. The Morgan fingerprint density at radius 1 is 0.897 bits per heavy atom. The molecule has 0 aromatic heterocycles. The van der Waals surface area contributed by atoms with E-state index in [-0.39, 0.29) is 30.7 Å². The summed E-state index contributed by atoms with van der Waals surface area (Å²) in [5.74, 6) is -0.735. The van der Waals surface area contributed by atoms with E-state index in [0.717, 1.165) is 10.9 Å². The van der Waals surface area contributed by atoms with Gasteiger partial charge in [-0.1, -0.05) is 48.0 Å². The lowest BCUT2D eigenvalue weighted by molar-refractivity contribution is -0.121. The van der Waals surface area contributed by atoms with Crippen LogP contribution in [0, 0.1) is 0 Å². The summed E-state index contributed by atoms with van der Waals surface area (Å²) >= 11 is 5.85. The molecule has 0 bridgehead atoms. The fourth-order valence-corrected chi connectivity index (χ4v) is 3.70. The molecule has 146 valence electrons. The topological polar surface area (TPSA) is 66.5 Å². The number of hydrogen-bond donors (Lipinski definition) is 1. The molecule has 1 heterocycles. The highest BCUT2D eigenvalue weighted by Crippen LogP contribution is 2.30. The summed E-state index contributed by atoms with van der Waals surface area (Å²) in [6.45, 7) is 0.615. The van der Waals surface area contributed by atoms with Crippen LogP contribution >= 0.6 is 11.6 Å². The Labute approximate surface area is 173 Å². The van der Waals surface area contributed by atoms with Crippen LogP contribution < -0.4 is 5.32 Å². The number of imide groups is 1. The predicted octanol–water partition coefficient (Wildman–Crippen LogP) is 4.19. The number of halogens is 1. The van der Waals surface area contributed by atoms with E-state index in [2.05, 4.69) is 5.32 Å². The molecule has 3 amide bonds. The van der Waals surface area contributed by atoms with Crippen molar-refractivity contribution in [2.75, 3.05) is 6.54 Å². The first-order chi connectivity index (χ1) is 14.0. The maximum Gasteiger partial charge on any atom is 0.261 e. The van der Waals surface area contributed by atoms with Crippen LogP contribution in [-0.2, 0) is 11.3 Å². The molecule has 0 saturated heterocycles. The molecular formula is C23H19ClN2O3. The van der Waals surface area contributed by atoms with Gasteiger partial charge >= 0.3 is 0 Å². The van der Waals surface area contributed by atoms with Crippen molar-refractivity contribution < 1.29 is 14.4 Å². The van der Waals surface area contributed by atoms with Crippen LogP contribution in [0.3, 0.4) is 0 Å². The minimum absolute atomic E-state index is 0.126. The van der Waals surface area contributed by atoms with E-state index in [1.807, 2.05) is 36.4 Å². The van der Waals surface area contributed by atoms with Gasteiger partial charge in [-0.25, -0.2) is 0 Å². The van der Waals surface area contributed by atoms with E-state index in [1.54, 1.807) is 24.3 Å². The minimum Gasteiger partial charge on any atom is -0.352 e. The van der Waals surface area contributed by atoms with Gasteiger partial charge in [0.1, 0.15) is 0 Å². The molecule has 0 spiro atoms. The second-order valence-electron chi connectivity index (χ2n) is 6.98. The molecule has 3 aromatic carbocycles. The lowest BCUT2D eigenvalue weighted by Crippen LogP contribution is -2.41. The van der Waals surface area contributed by atoms with E-state index in [4.69, 9.17) is 11.6 Å². The largest absolute Gasteiger partial charge is 0.352 e. The molecule has 0 saturated carbocycles. The van der Waals surface area contributed by atoms with Crippen molar-refractivity contribution in [3.63, 3.8) is 0 Å². The second kappa shape index (κ2) is 8.05. The lowest BCUT2D eigenvalue weighted by atomic mass is 9.94. The average molecular weight is 407 g/mol. The third-order valence-electron chi connectivity index (χ3n) is 5.04. The van der Waals surface area contributed by atoms with Gasteiger partial charge in [0, 0.05) is 41.0 Å². The molecule has 5 nitrogen and oxygen atoms in total. The summed E-state index contributed by atoms with van der Waals surface area (Å²) < 4.78 is 0. The Bertz CT molecular complexity index is 1060. The van der Waals surface area contributed by atoms with Gasteiger partial charge in [-0.15, -0.1) is 0 Å². The van der Waals surface area contributed by atoms with Crippen LogP contribution in [-0.4, -0.2) is 29.2 Å². The second-order valence-corrected chi connectivity index (χ2v) is 7.41. The number of hydrogen-bond acceptors (Lipinski definition) is 3. The van der Waals surface area contributed by atoms with Gasteiger partial charge in [0.15, 0.2) is 0 Å². The number of benzene rings is 3. The Kier molecular flexibility index (Phi) is 5.32. The normalized spacial score (nSPS) is 13.1. The summed E-state index contributed by atoms with van der Waals surface area (Å²) in [4.78, 5) is 39.0. The van der Waals surface area contributed by atoms with Crippen molar-refractivity contribution >= 4 is 40.1 Å². The lowest BCUT2D eigenvalue weighted by Gasteiger charge is -2.27. The molecule has 0 radical (unpaired) electrons. The number of amides is 3. The molecule has 0 aliphatic carbocycles. The molecule has 3 aromatic rings. The van der Waals surface area contributed by atoms with Gasteiger partial charge < -0.3 is 5.32 Å². The summed E-state index contributed by atoms with van der Waals surface area (Å²) in [7, 11) is 0. The zero-order chi connectivity index (χ0) is 20.4. The number of nitrogens with zero attached hydrogens (tertiary/aromatic N) is 1. The Morgan fingerprint density at radius 2 is 1.52 bits per heavy atom. The number of carbonyl (C=O) groups excluding carboxylic acids is 3. The van der Waals surface area contributed by atoms with Crippen LogP contribution in [0.1, 0.15) is 39.1 Å². The van der Waals surface area contributed by atoms with Crippen LogP contribution in [0.4, 0.5) is 0 Å². The van der Waals surface area contributed by atoms with Crippen molar-refractivity contribution in [3.8, 4) is 0 Å². The highest BCUT2D eigenvalue weighted by atomic mass is 35.5. The van der Waals surface area contributed by atoms with Crippen LogP contribution in [0.25, 0.3) is 10.8 Å². The summed E-state index contributed by atoms with van der Waals surface area (Å²) in [6, 6.07) is 18.2. The molecule has 0 unspecified atom stereocenters. The van der Waals surface area contributed by atoms with Crippen molar-refractivity contribution in [1.29, 1.82) is 0 Å². The maximum absolute atomic E-state index is 12.8. The van der Waals surface area contributed by atoms with Gasteiger partial charge in [-0.2, -0.15) is 0 Å². The molecule has 1 aliphatic heterocycles. The third kappa shape index (κ3) is 3.87. The van der Waals surface area contributed by atoms with Crippen LogP contribution in [0.5, 0.6) is 0 Å². The van der Waals surface area contributed by atoms with Crippen molar-refractivity contribution in [2.24, 2.45) is 0 Å². The summed E-state index contributed by atoms with van der Waals surface area (Å²) in [5.41, 5.74) is 2.02. The third-order valence-corrected chi connectivity index (χ3v) is 5.30.